The van der Waals surface area contributed by atoms with Crippen LogP contribution >= 0.6 is 23.1 Å². The zero-order valence-corrected chi connectivity index (χ0v) is 18.9. The molecule has 3 aromatic heterocycles. The highest BCUT2D eigenvalue weighted by Gasteiger charge is 2.21. The summed E-state index contributed by atoms with van der Waals surface area (Å²) in [5.74, 6) is -0.869. The smallest absolute Gasteiger partial charge is 0.329 e. The second kappa shape index (κ2) is 9.48. The first kappa shape index (κ1) is 22.8. The lowest BCUT2D eigenvalue weighted by molar-refractivity contribution is 0.102. The molecule has 0 amide bonds. The molecular weight excluding hydrogens is 438 g/mol. The number of rotatable bonds is 9. The van der Waals surface area contributed by atoms with Crippen LogP contribution in [0.3, 0.4) is 0 Å². The van der Waals surface area contributed by atoms with Crippen LogP contribution in [0.4, 0.5) is 5.82 Å². The molecule has 0 radical (unpaired) electrons. The first-order valence-electron chi connectivity index (χ1n) is 9.75. The maximum absolute atomic E-state index is 12.9. The van der Waals surface area contributed by atoms with Crippen molar-refractivity contribution in [3.8, 4) is 0 Å². The van der Waals surface area contributed by atoms with Gasteiger partial charge in [0.1, 0.15) is 16.2 Å². The number of nitrogens with one attached hydrogen (secondary N) is 1. The molecule has 0 unspecified atom stereocenters. The van der Waals surface area contributed by atoms with E-state index in [1.165, 1.54) is 20.5 Å². The third kappa shape index (κ3) is 4.42. The standard InChI is InChI=1S/C20H23N5O4S2/c1-4-7-24-15(21)14(16(27)22-19(24)29)13(26)10-30-20-23-17-12(9-11(6-3)31-17)18(28)25(20)8-5-2/h5,9H,2,4,6-8,10,21H2,1,3H3,(H,22,27,29). The van der Waals surface area contributed by atoms with Gasteiger partial charge in [-0.2, -0.15) is 0 Å². The number of allylic oxidation sites excluding steroid dienone is 1. The van der Waals surface area contributed by atoms with E-state index in [0.717, 1.165) is 23.1 Å². The molecule has 3 aromatic rings. The number of aryl methyl sites for hydroxylation is 1. The summed E-state index contributed by atoms with van der Waals surface area (Å²) in [4.78, 5) is 58.3. The number of nitrogens with zero attached hydrogens (tertiary/aromatic N) is 3. The van der Waals surface area contributed by atoms with Gasteiger partial charge in [-0.05, 0) is 18.9 Å². The Bertz CT molecular complexity index is 1330. The Labute approximate surface area is 185 Å². The molecule has 3 rings (SSSR count). The van der Waals surface area contributed by atoms with Crippen LogP contribution in [0.25, 0.3) is 10.2 Å². The minimum atomic E-state index is -0.821. The SMILES string of the molecule is C=CCn1c(SCC(=O)c2c(N)n(CCC)c(=O)[nH]c2=O)nc2sc(CC)cc2c1=O. The van der Waals surface area contributed by atoms with Gasteiger partial charge in [-0.1, -0.05) is 31.7 Å². The molecule has 0 atom stereocenters. The van der Waals surface area contributed by atoms with Crippen LogP contribution < -0.4 is 22.5 Å². The van der Waals surface area contributed by atoms with Gasteiger partial charge < -0.3 is 5.73 Å². The van der Waals surface area contributed by atoms with E-state index in [0.29, 0.717) is 21.8 Å². The Morgan fingerprint density at radius 3 is 2.71 bits per heavy atom. The van der Waals surface area contributed by atoms with Crippen molar-refractivity contribution in [2.45, 2.75) is 44.9 Å². The fraction of sp³-hybridized carbons (Fsp3) is 0.350. The highest BCUT2D eigenvalue weighted by Crippen LogP contribution is 2.25. The zero-order chi connectivity index (χ0) is 22.7. The number of fused-ring (bicyclic) bond motifs is 1. The van der Waals surface area contributed by atoms with Gasteiger partial charge in [-0.3, -0.25) is 28.5 Å². The number of anilines is 1. The molecular formula is C20H23N5O4S2. The van der Waals surface area contributed by atoms with Gasteiger partial charge in [0.05, 0.1) is 11.1 Å². The van der Waals surface area contributed by atoms with Crippen LogP contribution in [-0.4, -0.2) is 30.6 Å². The van der Waals surface area contributed by atoms with Crippen molar-refractivity contribution in [1.82, 2.24) is 19.1 Å². The summed E-state index contributed by atoms with van der Waals surface area (Å²) in [5.41, 5.74) is 4.03. The fourth-order valence-corrected chi connectivity index (χ4v) is 5.02. The van der Waals surface area contributed by atoms with Gasteiger partial charge in [0.15, 0.2) is 10.9 Å². The lowest BCUT2D eigenvalue weighted by atomic mass is 10.2. The number of hydrogen-bond acceptors (Lipinski definition) is 8. The third-order valence-electron chi connectivity index (χ3n) is 4.63. The molecule has 0 aliphatic rings. The molecule has 9 nitrogen and oxygen atoms in total. The molecule has 11 heteroatoms. The Morgan fingerprint density at radius 2 is 2.06 bits per heavy atom. The average molecular weight is 462 g/mol. The molecule has 0 aliphatic heterocycles. The largest absolute Gasteiger partial charge is 0.384 e. The molecule has 0 bridgehead atoms. The predicted molar refractivity (Wildman–Crippen MR) is 125 cm³/mol. The molecule has 0 saturated heterocycles. The second-order valence-electron chi connectivity index (χ2n) is 6.77. The number of Topliss-reactive ketones (excluding diaryl/α,β-unsaturated/α-hetero) is 1. The van der Waals surface area contributed by atoms with E-state index in [1.54, 1.807) is 6.08 Å². The van der Waals surface area contributed by atoms with Crippen LogP contribution in [0.15, 0.2) is 38.3 Å². The van der Waals surface area contributed by atoms with Gasteiger partial charge in [-0.25, -0.2) is 9.78 Å². The third-order valence-corrected chi connectivity index (χ3v) is 6.77. The van der Waals surface area contributed by atoms with Crippen LogP contribution in [0, 0.1) is 0 Å². The van der Waals surface area contributed by atoms with Crippen molar-refractivity contribution in [2.24, 2.45) is 0 Å². The lowest BCUT2D eigenvalue weighted by Gasteiger charge is -2.12. The molecule has 0 aliphatic carbocycles. The van der Waals surface area contributed by atoms with Gasteiger partial charge in [0, 0.05) is 18.0 Å². The van der Waals surface area contributed by atoms with Crippen LogP contribution in [0.2, 0.25) is 0 Å². The van der Waals surface area contributed by atoms with Gasteiger partial charge in [0.2, 0.25) is 0 Å². The van der Waals surface area contributed by atoms with E-state index >= 15 is 0 Å². The first-order chi connectivity index (χ1) is 14.8. The number of carbonyl (C=O) groups is 1. The van der Waals surface area contributed by atoms with Crippen molar-refractivity contribution in [3.63, 3.8) is 0 Å². The highest BCUT2D eigenvalue weighted by atomic mass is 32.2. The topological polar surface area (TPSA) is 133 Å². The first-order valence-corrected chi connectivity index (χ1v) is 11.5. The number of aromatic nitrogens is 4. The number of thioether (sulfide) groups is 1. The summed E-state index contributed by atoms with van der Waals surface area (Å²) in [7, 11) is 0. The maximum atomic E-state index is 12.9. The Morgan fingerprint density at radius 1 is 1.32 bits per heavy atom. The predicted octanol–water partition coefficient (Wildman–Crippen LogP) is 2.02. The monoisotopic (exact) mass is 461 g/mol. The molecule has 3 N–H and O–H groups in total. The van der Waals surface area contributed by atoms with E-state index in [-0.39, 0.29) is 35.8 Å². The molecule has 0 saturated carbocycles. The number of thiophene rings is 1. The molecule has 164 valence electrons. The zero-order valence-electron chi connectivity index (χ0n) is 17.3. The Hall–Kier alpha value is -2.92. The van der Waals surface area contributed by atoms with E-state index in [2.05, 4.69) is 16.5 Å². The van der Waals surface area contributed by atoms with Crippen molar-refractivity contribution in [2.75, 3.05) is 11.5 Å². The number of nitrogens with two attached hydrogens (primary N) is 1. The summed E-state index contributed by atoms with van der Waals surface area (Å²) in [6, 6.07) is 1.84. The highest BCUT2D eigenvalue weighted by molar-refractivity contribution is 7.99. The number of ketones is 1. The molecule has 0 spiro atoms. The number of carbonyl (C=O) groups excluding carboxylic acids is 1. The van der Waals surface area contributed by atoms with E-state index < -0.39 is 17.0 Å². The summed E-state index contributed by atoms with van der Waals surface area (Å²) in [5, 5.41) is 0.888. The van der Waals surface area contributed by atoms with Crippen LogP contribution in [-0.2, 0) is 19.5 Å². The molecule has 0 aromatic carbocycles. The average Bonchev–Trinajstić information content (AvgIpc) is 3.15. The van der Waals surface area contributed by atoms with Gasteiger partial charge in [-0.15, -0.1) is 17.9 Å². The van der Waals surface area contributed by atoms with E-state index in [1.807, 2.05) is 19.9 Å². The summed E-state index contributed by atoms with van der Waals surface area (Å²) in [6.07, 6.45) is 2.98. The van der Waals surface area contributed by atoms with Gasteiger partial charge >= 0.3 is 5.69 Å². The normalized spacial score (nSPS) is 11.2. The number of aromatic amines is 1. The van der Waals surface area contributed by atoms with Crippen molar-refractivity contribution < 1.29 is 4.79 Å². The summed E-state index contributed by atoms with van der Waals surface area (Å²) in [6.45, 7) is 8.06. The Balaban J connectivity index is 1.98. The van der Waals surface area contributed by atoms with Crippen molar-refractivity contribution >= 4 is 44.9 Å². The summed E-state index contributed by atoms with van der Waals surface area (Å²) < 4.78 is 2.63. The van der Waals surface area contributed by atoms with E-state index in [4.69, 9.17) is 5.73 Å². The molecule has 3 heterocycles. The number of nitrogen functional groups attached to an aromatic ring is 1. The maximum Gasteiger partial charge on any atom is 0.329 e. The molecule has 0 fully saturated rings. The fourth-order valence-electron chi connectivity index (χ4n) is 3.13. The number of hydrogen-bond donors (Lipinski definition) is 2. The number of H-pyrrole nitrogens is 1. The quantitative estimate of drug-likeness (QED) is 0.216. The lowest BCUT2D eigenvalue weighted by Crippen LogP contribution is -2.36. The minimum absolute atomic E-state index is 0.154. The molecule has 31 heavy (non-hydrogen) atoms. The van der Waals surface area contributed by atoms with Crippen LogP contribution in [0.1, 0.15) is 35.5 Å². The van der Waals surface area contributed by atoms with E-state index in [9.17, 15) is 19.2 Å². The summed E-state index contributed by atoms with van der Waals surface area (Å²) >= 11 is 2.48. The van der Waals surface area contributed by atoms with Crippen LogP contribution in [0.5, 0.6) is 0 Å². The minimum Gasteiger partial charge on any atom is -0.384 e. The van der Waals surface area contributed by atoms with Gasteiger partial charge in [0.25, 0.3) is 11.1 Å². The van der Waals surface area contributed by atoms with Crippen molar-refractivity contribution in [1.29, 1.82) is 0 Å². The van der Waals surface area contributed by atoms with Crippen molar-refractivity contribution in [3.05, 3.63) is 60.4 Å². The Kier molecular flexibility index (Phi) is 6.96. The second-order valence-corrected chi connectivity index (χ2v) is 8.82.